The molecule has 8 nitrogen and oxygen atoms in total. The van der Waals surface area contributed by atoms with E-state index in [1.165, 1.54) is 23.0 Å². The zero-order chi connectivity index (χ0) is 17.9. The van der Waals surface area contributed by atoms with Gasteiger partial charge in [0, 0.05) is 12.6 Å². The molecule has 2 rings (SSSR count). The Morgan fingerprint density at radius 3 is 2.54 bits per heavy atom. The van der Waals surface area contributed by atoms with E-state index in [-0.39, 0.29) is 11.9 Å². The minimum absolute atomic E-state index is 0.261. The molecule has 8 heteroatoms. The number of amides is 1. The second-order valence-corrected chi connectivity index (χ2v) is 5.35. The molecule has 0 aliphatic heterocycles. The van der Waals surface area contributed by atoms with E-state index in [2.05, 4.69) is 14.8 Å². The minimum atomic E-state index is -0.923. The zero-order valence-corrected chi connectivity index (χ0v) is 14.3. The van der Waals surface area contributed by atoms with Gasteiger partial charge in [-0.25, -0.2) is 14.4 Å². The Morgan fingerprint density at radius 2 is 2.00 bits per heavy atom. The van der Waals surface area contributed by atoms with E-state index in [4.69, 9.17) is 4.74 Å². The lowest BCUT2D eigenvalue weighted by atomic mass is 10.0. The fraction of sp³-hybridized carbons (Fsp3) is 0.375. The van der Waals surface area contributed by atoms with E-state index in [9.17, 15) is 9.59 Å². The monoisotopic (exact) mass is 332 g/mol. The van der Waals surface area contributed by atoms with Crippen LogP contribution in [0.5, 0.6) is 0 Å². The quantitative estimate of drug-likeness (QED) is 0.630. The SMILES string of the molecule is COC(=O)OC(C)N(C(=O)c1ccc(C)cc1C)c1ncnn1C. The molecule has 0 radical (unpaired) electrons. The minimum Gasteiger partial charge on any atom is -0.438 e. The van der Waals surface area contributed by atoms with Crippen LogP contribution in [-0.4, -0.2) is 40.2 Å². The number of anilines is 1. The summed E-state index contributed by atoms with van der Waals surface area (Å²) in [6.45, 7) is 5.36. The number of aromatic nitrogens is 3. The molecule has 24 heavy (non-hydrogen) atoms. The van der Waals surface area contributed by atoms with Crippen molar-refractivity contribution < 1.29 is 19.1 Å². The number of ether oxygens (including phenoxy) is 2. The van der Waals surface area contributed by atoms with Crippen LogP contribution in [0.15, 0.2) is 24.5 Å². The van der Waals surface area contributed by atoms with Crippen molar-refractivity contribution in [3.05, 3.63) is 41.2 Å². The number of hydrogen-bond donors (Lipinski definition) is 0. The van der Waals surface area contributed by atoms with Crippen LogP contribution in [0, 0.1) is 13.8 Å². The van der Waals surface area contributed by atoms with Crippen LogP contribution in [0.3, 0.4) is 0 Å². The van der Waals surface area contributed by atoms with Gasteiger partial charge in [0.25, 0.3) is 5.91 Å². The van der Waals surface area contributed by atoms with Crippen molar-refractivity contribution in [1.29, 1.82) is 0 Å². The number of hydrogen-bond acceptors (Lipinski definition) is 6. The van der Waals surface area contributed by atoms with Crippen molar-refractivity contribution in [2.75, 3.05) is 12.0 Å². The van der Waals surface area contributed by atoms with E-state index >= 15 is 0 Å². The Morgan fingerprint density at radius 1 is 1.29 bits per heavy atom. The average molecular weight is 332 g/mol. The number of carbonyl (C=O) groups is 2. The number of nitrogens with zero attached hydrogens (tertiary/aromatic N) is 4. The molecule has 1 aromatic heterocycles. The van der Waals surface area contributed by atoms with Gasteiger partial charge in [0.1, 0.15) is 6.33 Å². The molecule has 1 amide bonds. The topological polar surface area (TPSA) is 86.6 Å². The summed E-state index contributed by atoms with van der Waals surface area (Å²) in [7, 11) is 2.85. The second-order valence-electron chi connectivity index (χ2n) is 5.35. The Hall–Kier alpha value is -2.90. The summed E-state index contributed by atoms with van der Waals surface area (Å²) in [5, 5.41) is 3.97. The van der Waals surface area contributed by atoms with Crippen molar-refractivity contribution in [2.45, 2.75) is 27.0 Å². The van der Waals surface area contributed by atoms with Crippen molar-refractivity contribution in [3.63, 3.8) is 0 Å². The molecule has 0 saturated heterocycles. The van der Waals surface area contributed by atoms with E-state index in [1.54, 1.807) is 20.0 Å². The van der Waals surface area contributed by atoms with Gasteiger partial charge in [0.2, 0.25) is 5.95 Å². The number of benzene rings is 1. The largest absolute Gasteiger partial charge is 0.509 e. The standard InChI is InChI=1S/C16H20N4O4/c1-10-6-7-13(11(2)8-10)14(21)20(12(3)24-16(22)23-5)15-17-9-18-19(15)4/h6-9,12H,1-5H3. The van der Waals surface area contributed by atoms with Crippen LogP contribution in [0.2, 0.25) is 0 Å². The first-order valence-electron chi connectivity index (χ1n) is 7.34. The third-order valence-corrected chi connectivity index (χ3v) is 3.53. The Bertz CT molecular complexity index is 756. The average Bonchev–Trinajstić information content (AvgIpc) is 2.93. The van der Waals surface area contributed by atoms with Gasteiger partial charge in [-0.2, -0.15) is 10.1 Å². The highest BCUT2D eigenvalue weighted by molar-refractivity contribution is 6.06. The van der Waals surface area contributed by atoms with Crippen molar-refractivity contribution >= 4 is 18.0 Å². The summed E-state index contributed by atoms with van der Waals surface area (Å²) in [5.74, 6) is -0.0867. The second kappa shape index (κ2) is 7.12. The van der Waals surface area contributed by atoms with Crippen LogP contribution >= 0.6 is 0 Å². The fourth-order valence-electron chi connectivity index (χ4n) is 2.35. The van der Waals surface area contributed by atoms with Gasteiger partial charge < -0.3 is 9.47 Å². The van der Waals surface area contributed by atoms with Gasteiger partial charge in [-0.3, -0.25) is 4.79 Å². The molecule has 1 aromatic carbocycles. The molecule has 2 aromatic rings. The van der Waals surface area contributed by atoms with Crippen molar-refractivity contribution in [1.82, 2.24) is 14.8 Å². The smallest absolute Gasteiger partial charge is 0.438 e. The summed E-state index contributed by atoms with van der Waals surface area (Å²) in [5.41, 5.74) is 2.36. The lowest BCUT2D eigenvalue weighted by Crippen LogP contribution is -2.43. The fourth-order valence-corrected chi connectivity index (χ4v) is 2.35. The molecular weight excluding hydrogens is 312 g/mol. The van der Waals surface area contributed by atoms with Gasteiger partial charge in [0.05, 0.1) is 7.11 Å². The van der Waals surface area contributed by atoms with Crippen molar-refractivity contribution in [3.8, 4) is 0 Å². The molecule has 0 bridgehead atoms. The van der Waals surface area contributed by atoms with Crippen LogP contribution in [0.1, 0.15) is 28.4 Å². The summed E-state index contributed by atoms with van der Waals surface area (Å²) >= 11 is 0. The van der Waals surface area contributed by atoms with E-state index < -0.39 is 12.4 Å². The van der Waals surface area contributed by atoms with Crippen LogP contribution in [0.25, 0.3) is 0 Å². The first-order chi connectivity index (χ1) is 11.3. The van der Waals surface area contributed by atoms with E-state index in [0.29, 0.717) is 5.56 Å². The van der Waals surface area contributed by atoms with Gasteiger partial charge in [0.15, 0.2) is 6.23 Å². The first-order valence-corrected chi connectivity index (χ1v) is 7.34. The summed E-state index contributed by atoms with van der Waals surface area (Å²) in [6, 6.07) is 5.50. The third kappa shape index (κ3) is 3.53. The molecular formula is C16H20N4O4. The molecule has 0 aliphatic rings. The number of methoxy groups -OCH3 is 1. The summed E-state index contributed by atoms with van der Waals surface area (Å²) < 4.78 is 11.0. The Balaban J connectivity index is 2.43. The first kappa shape index (κ1) is 17.5. The third-order valence-electron chi connectivity index (χ3n) is 3.53. The highest BCUT2D eigenvalue weighted by atomic mass is 16.7. The normalized spacial score (nSPS) is 11.7. The summed E-state index contributed by atoms with van der Waals surface area (Å²) in [4.78, 5) is 29.8. The molecule has 1 atom stereocenters. The van der Waals surface area contributed by atoms with Gasteiger partial charge in [-0.15, -0.1) is 0 Å². The highest BCUT2D eigenvalue weighted by Gasteiger charge is 2.30. The maximum absolute atomic E-state index is 13.1. The van der Waals surface area contributed by atoms with Crippen LogP contribution in [0.4, 0.5) is 10.7 Å². The zero-order valence-electron chi connectivity index (χ0n) is 14.3. The molecule has 0 aliphatic carbocycles. The molecule has 128 valence electrons. The number of aryl methyl sites for hydroxylation is 3. The number of rotatable bonds is 4. The van der Waals surface area contributed by atoms with Crippen LogP contribution < -0.4 is 4.90 Å². The maximum atomic E-state index is 13.1. The predicted molar refractivity (Wildman–Crippen MR) is 86.7 cm³/mol. The Kier molecular flexibility index (Phi) is 5.18. The van der Waals surface area contributed by atoms with E-state index in [1.807, 2.05) is 26.0 Å². The highest BCUT2D eigenvalue weighted by Crippen LogP contribution is 2.20. The van der Waals surface area contributed by atoms with Gasteiger partial charge in [-0.1, -0.05) is 17.7 Å². The molecule has 0 saturated carbocycles. The molecule has 0 spiro atoms. The van der Waals surface area contributed by atoms with Crippen molar-refractivity contribution in [2.24, 2.45) is 7.05 Å². The molecule has 0 N–H and O–H groups in total. The molecule has 0 fully saturated rings. The molecule has 1 unspecified atom stereocenters. The lowest BCUT2D eigenvalue weighted by molar-refractivity contribution is 0.0401. The number of carbonyl (C=O) groups excluding carboxylic acids is 2. The maximum Gasteiger partial charge on any atom is 0.509 e. The van der Waals surface area contributed by atoms with Gasteiger partial charge >= 0.3 is 6.16 Å². The molecule has 1 heterocycles. The lowest BCUT2D eigenvalue weighted by Gasteiger charge is -2.27. The van der Waals surface area contributed by atoms with Gasteiger partial charge in [-0.05, 0) is 32.4 Å². The van der Waals surface area contributed by atoms with E-state index in [0.717, 1.165) is 11.1 Å². The Labute approximate surface area is 140 Å². The predicted octanol–water partition coefficient (Wildman–Crippen LogP) is 2.21. The summed E-state index contributed by atoms with van der Waals surface area (Å²) in [6.07, 6.45) is -0.487. The van der Waals surface area contributed by atoms with Crippen LogP contribution in [-0.2, 0) is 16.5 Å².